The molecule has 0 saturated heterocycles. The van der Waals surface area contributed by atoms with Gasteiger partial charge in [-0.15, -0.1) is 12.4 Å². The highest BCUT2D eigenvalue weighted by molar-refractivity contribution is 7.91. The maximum atomic E-state index is 10.1. The Kier molecular flexibility index (Phi) is 4.70. The average Bonchev–Trinajstić information content (AvgIpc) is 1.21. The van der Waals surface area contributed by atoms with E-state index in [0.29, 0.717) is 0 Å². The van der Waals surface area contributed by atoms with Gasteiger partial charge in [0.2, 0.25) is 5.91 Å². The monoisotopic (exact) mass is 173 g/mol. The van der Waals surface area contributed by atoms with E-state index in [-0.39, 0.29) is 12.4 Å². The minimum Gasteiger partial charge on any atom is -0.369 e. The molecule has 0 aromatic heterocycles. The first-order chi connectivity index (χ1) is 3.42. The van der Waals surface area contributed by atoms with Gasteiger partial charge in [-0.1, -0.05) is 0 Å². The average molecular weight is 174 g/mol. The van der Waals surface area contributed by atoms with Gasteiger partial charge in [0.05, 0.1) is 0 Å². The predicted molar refractivity (Wildman–Crippen MR) is 36.2 cm³/mol. The number of carbonyl (C=O) groups is 1. The number of rotatable bonds is 2. The molecule has 0 saturated carbocycles. The number of hydrogen-bond donors (Lipinski definition) is 1. The van der Waals surface area contributed by atoms with E-state index in [0.717, 1.165) is 6.26 Å². The standard InChI is InChI=1S/C3H7NO3S.ClH/c1-8(6,7)2-3(4)5;/h2H2,1H3,(H2,4,5);1H. The maximum Gasteiger partial charge on any atom is 0.232 e. The SMILES string of the molecule is CS(=O)(=O)CC(N)=O.Cl. The zero-order valence-electron chi connectivity index (χ0n) is 4.83. The summed E-state index contributed by atoms with van der Waals surface area (Å²) in [6.07, 6.45) is 0.956. The van der Waals surface area contributed by atoms with Crippen LogP contribution in [0.15, 0.2) is 0 Å². The Hall–Kier alpha value is -0.290. The van der Waals surface area contributed by atoms with E-state index < -0.39 is 21.5 Å². The molecule has 9 heavy (non-hydrogen) atoms. The molecular weight excluding hydrogens is 166 g/mol. The Morgan fingerprint density at radius 2 is 1.89 bits per heavy atom. The summed E-state index contributed by atoms with van der Waals surface area (Å²) in [6, 6.07) is 0. The molecule has 0 atom stereocenters. The zero-order chi connectivity index (χ0) is 6.78. The summed E-state index contributed by atoms with van der Waals surface area (Å²) in [7, 11) is -3.20. The van der Waals surface area contributed by atoms with E-state index in [1.54, 1.807) is 0 Å². The highest BCUT2D eigenvalue weighted by atomic mass is 35.5. The van der Waals surface area contributed by atoms with Crippen LogP contribution in [0.4, 0.5) is 0 Å². The van der Waals surface area contributed by atoms with Gasteiger partial charge in [-0.05, 0) is 0 Å². The van der Waals surface area contributed by atoms with E-state index in [1.165, 1.54) is 0 Å². The van der Waals surface area contributed by atoms with Crippen molar-refractivity contribution in [3.8, 4) is 0 Å². The molecule has 6 heteroatoms. The Labute approximate surface area is 59.7 Å². The Morgan fingerprint density at radius 3 is 1.89 bits per heavy atom. The van der Waals surface area contributed by atoms with Crippen LogP contribution < -0.4 is 5.73 Å². The Balaban J connectivity index is 0. The van der Waals surface area contributed by atoms with Crippen molar-refractivity contribution in [2.45, 2.75) is 0 Å². The highest BCUT2D eigenvalue weighted by Crippen LogP contribution is 1.77. The molecule has 56 valence electrons. The van der Waals surface area contributed by atoms with Gasteiger partial charge in [-0.2, -0.15) is 0 Å². The molecule has 0 fully saturated rings. The first kappa shape index (κ1) is 11.5. The zero-order valence-corrected chi connectivity index (χ0v) is 6.46. The minimum atomic E-state index is -3.20. The van der Waals surface area contributed by atoms with Gasteiger partial charge in [0.25, 0.3) is 0 Å². The number of hydrogen-bond acceptors (Lipinski definition) is 3. The van der Waals surface area contributed by atoms with Gasteiger partial charge in [-0.3, -0.25) is 4.79 Å². The van der Waals surface area contributed by atoms with Gasteiger partial charge in [0.15, 0.2) is 9.84 Å². The van der Waals surface area contributed by atoms with E-state index >= 15 is 0 Å². The maximum absolute atomic E-state index is 10.1. The molecular formula is C3H8ClNO3S. The first-order valence-electron chi connectivity index (χ1n) is 1.88. The Morgan fingerprint density at radius 1 is 1.56 bits per heavy atom. The summed E-state index contributed by atoms with van der Waals surface area (Å²) in [5.74, 6) is -1.38. The molecule has 0 aliphatic heterocycles. The quantitative estimate of drug-likeness (QED) is 0.578. The van der Waals surface area contributed by atoms with Crippen molar-refractivity contribution in [1.82, 2.24) is 0 Å². The molecule has 0 bridgehead atoms. The van der Waals surface area contributed by atoms with Gasteiger partial charge in [0.1, 0.15) is 5.75 Å². The summed E-state index contributed by atoms with van der Waals surface area (Å²) in [5.41, 5.74) is 4.56. The van der Waals surface area contributed by atoms with Crippen LogP contribution >= 0.6 is 12.4 Å². The number of amides is 1. The van der Waals surface area contributed by atoms with Crippen molar-refractivity contribution in [2.75, 3.05) is 12.0 Å². The van der Waals surface area contributed by atoms with Crippen LogP contribution in [0, 0.1) is 0 Å². The molecule has 0 spiro atoms. The number of carbonyl (C=O) groups excluding carboxylic acids is 1. The van der Waals surface area contributed by atoms with Crippen molar-refractivity contribution >= 4 is 28.2 Å². The van der Waals surface area contributed by atoms with Crippen molar-refractivity contribution in [2.24, 2.45) is 5.73 Å². The van der Waals surface area contributed by atoms with Gasteiger partial charge in [0, 0.05) is 6.26 Å². The van der Waals surface area contributed by atoms with Gasteiger partial charge in [-0.25, -0.2) is 8.42 Å². The van der Waals surface area contributed by atoms with Crippen molar-refractivity contribution in [3.05, 3.63) is 0 Å². The second-order valence-corrected chi connectivity index (χ2v) is 3.68. The molecule has 0 radical (unpaired) electrons. The lowest BCUT2D eigenvalue weighted by atomic mass is 10.8. The number of halogens is 1. The van der Waals surface area contributed by atoms with Gasteiger partial charge < -0.3 is 5.73 Å². The van der Waals surface area contributed by atoms with Crippen LogP contribution in [-0.4, -0.2) is 26.3 Å². The van der Waals surface area contributed by atoms with Crippen molar-refractivity contribution in [3.63, 3.8) is 0 Å². The molecule has 2 N–H and O–H groups in total. The smallest absolute Gasteiger partial charge is 0.232 e. The fraction of sp³-hybridized carbons (Fsp3) is 0.667. The second kappa shape index (κ2) is 3.68. The molecule has 0 aromatic carbocycles. The number of nitrogens with two attached hydrogens (primary N) is 1. The molecule has 0 aliphatic carbocycles. The number of primary amides is 1. The van der Waals surface area contributed by atoms with Gasteiger partial charge >= 0.3 is 0 Å². The van der Waals surface area contributed by atoms with Crippen LogP contribution in [0.1, 0.15) is 0 Å². The third-order valence-electron chi connectivity index (χ3n) is 0.404. The van der Waals surface area contributed by atoms with E-state index in [4.69, 9.17) is 0 Å². The van der Waals surface area contributed by atoms with Crippen LogP contribution in [-0.2, 0) is 14.6 Å². The molecule has 4 nitrogen and oxygen atoms in total. The fourth-order valence-electron chi connectivity index (χ4n) is 0.258. The number of sulfone groups is 1. The summed E-state index contributed by atoms with van der Waals surface area (Å²) in [5, 5.41) is 0. The molecule has 0 unspecified atom stereocenters. The topological polar surface area (TPSA) is 77.2 Å². The molecule has 0 aromatic rings. The molecule has 1 amide bonds. The lowest BCUT2D eigenvalue weighted by Crippen LogP contribution is -2.21. The van der Waals surface area contributed by atoms with E-state index in [9.17, 15) is 13.2 Å². The lowest BCUT2D eigenvalue weighted by molar-refractivity contribution is -0.115. The molecule has 0 aliphatic rings. The highest BCUT2D eigenvalue weighted by Gasteiger charge is 2.04. The normalized spacial score (nSPS) is 9.89. The minimum absolute atomic E-state index is 0. The first-order valence-corrected chi connectivity index (χ1v) is 3.94. The predicted octanol–water partition coefficient (Wildman–Crippen LogP) is -1.06. The fourth-order valence-corrected chi connectivity index (χ4v) is 0.775. The van der Waals surface area contributed by atoms with E-state index in [1.807, 2.05) is 0 Å². The van der Waals surface area contributed by atoms with Crippen LogP contribution in [0.25, 0.3) is 0 Å². The summed E-state index contributed by atoms with van der Waals surface area (Å²) in [6.45, 7) is 0. The van der Waals surface area contributed by atoms with Crippen LogP contribution in [0.3, 0.4) is 0 Å². The summed E-state index contributed by atoms with van der Waals surface area (Å²) in [4.78, 5) is 9.86. The van der Waals surface area contributed by atoms with E-state index in [2.05, 4.69) is 5.73 Å². The summed E-state index contributed by atoms with van der Waals surface area (Å²) < 4.78 is 20.3. The molecule has 0 heterocycles. The molecule has 0 rings (SSSR count). The third kappa shape index (κ3) is 11.3. The summed E-state index contributed by atoms with van der Waals surface area (Å²) >= 11 is 0. The van der Waals surface area contributed by atoms with Crippen LogP contribution in [0.2, 0.25) is 0 Å². The van der Waals surface area contributed by atoms with Crippen molar-refractivity contribution in [1.29, 1.82) is 0 Å². The largest absolute Gasteiger partial charge is 0.369 e. The van der Waals surface area contributed by atoms with Crippen LogP contribution in [0.5, 0.6) is 0 Å². The lowest BCUT2D eigenvalue weighted by Gasteiger charge is -1.87. The second-order valence-electron chi connectivity index (χ2n) is 1.54. The Bertz CT molecular complexity index is 185. The third-order valence-corrected chi connectivity index (χ3v) is 1.21. The van der Waals surface area contributed by atoms with Crippen molar-refractivity contribution < 1.29 is 13.2 Å².